The van der Waals surface area contributed by atoms with E-state index in [0.29, 0.717) is 23.9 Å². The van der Waals surface area contributed by atoms with Crippen molar-refractivity contribution in [2.24, 2.45) is 0 Å². The number of nitrogens with one attached hydrogen (secondary N) is 1. The maximum atomic E-state index is 12.6. The van der Waals surface area contributed by atoms with E-state index < -0.39 is 5.60 Å². The van der Waals surface area contributed by atoms with Crippen molar-refractivity contribution < 1.29 is 14.6 Å². The first-order valence-corrected chi connectivity index (χ1v) is 7.78. The minimum Gasteiger partial charge on any atom is -0.388 e. The zero-order valence-electron chi connectivity index (χ0n) is 13.2. The molecule has 1 aliphatic heterocycles. The molecule has 1 aromatic carbocycles. The molecular formula is C16H23ClN2O3. The molecule has 22 heavy (non-hydrogen) atoms. The van der Waals surface area contributed by atoms with Gasteiger partial charge in [-0.2, -0.15) is 0 Å². The minimum atomic E-state index is -0.919. The summed E-state index contributed by atoms with van der Waals surface area (Å²) in [5.74, 6) is 0. The van der Waals surface area contributed by atoms with Crippen LogP contribution < -0.4 is 5.32 Å². The van der Waals surface area contributed by atoms with E-state index in [1.54, 1.807) is 44.1 Å². The van der Waals surface area contributed by atoms with Crippen LogP contribution in [0, 0.1) is 0 Å². The molecule has 6 heteroatoms. The van der Waals surface area contributed by atoms with Gasteiger partial charge in [-0.25, -0.2) is 4.79 Å². The van der Waals surface area contributed by atoms with Crippen LogP contribution in [0.4, 0.5) is 10.5 Å². The van der Waals surface area contributed by atoms with E-state index >= 15 is 0 Å². The molecule has 1 aliphatic rings. The Morgan fingerprint density at radius 3 is 2.91 bits per heavy atom. The van der Waals surface area contributed by atoms with Gasteiger partial charge in [-0.05, 0) is 38.8 Å². The molecule has 5 nitrogen and oxygen atoms in total. The molecule has 2 amide bonds. The van der Waals surface area contributed by atoms with E-state index in [1.165, 1.54) is 0 Å². The second kappa shape index (κ2) is 6.86. The zero-order valence-corrected chi connectivity index (χ0v) is 14.0. The molecule has 0 aliphatic carbocycles. The fourth-order valence-electron chi connectivity index (χ4n) is 2.90. The molecule has 1 atom stereocenters. The second-order valence-corrected chi connectivity index (χ2v) is 6.54. The third-order valence-electron chi connectivity index (χ3n) is 3.98. The number of urea groups is 1. The molecule has 0 spiro atoms. The van der Waals surface area contributed by atoms with Crippen LogP contribution in [0.25, 0.3) is 0 Å². The van der Waals surface area contributed by atoms with E-state index in [4.69, 9.17) is 16.3 Å². The Kier molecular flexibility index (Phi) is 5.32. The highest BCUT2D eigenvalue weighted by Gasteiger charge is 2.38. The highest BCUT2D eigenvalue weighted by Crippen LogP contribution is 2.29. The van der Waals surface area contributed by atoms with Crippen LogP contribution in [-0.4, -0.2) is 41.3 Å². The van der Waals surface area contributed by atoms with Crippen LogP contribution in [0.5, 0.6) is 0 Å². The fourth-order valence-corrected chi connectivity index (χ4v) is 3.13. The van der Waals surface area contributed by atoms with Crippen LogP contribution in [0.3, 0.4) is 0 Å². The van der Waals surface area contributed by atoms with Gasteiger partial charge in [0.05, 0.1) is 18.2 Å². The smallest absolute Gasteiger partial charge is 0.322 e. The molecule has 2 N–H and O–H groups in total. The van der Waals surface area contributed by atoms with Gasteiger partial charge in [-0.1, -0.05) is 17.7 Å². The Hall–Kier alpha value is -1.30. The van der Waals surface area contributed by atoms with Gasteiger partial charge < -0.3 is 20.1 Å². The molecule has 0 aromatic heterocycles. The van der Waals surface area contributed by atoms with Gasteiger partial charge in [-0.15, -0.1) is 0 Å². The van der Waals surface area contributed by atoms with Gasteiger partial charge in [0.15, 0.2) is 0 Å². The molecule has 122 valence electrons. The van der Waals surface area contributed by atoms with Crippen LogP contribution in [0.1, 0.15) is 32.3 Å². The van der Waals surface area contributed by atoms with E-state index in [1.807, 2.05) is 0 Å². The molecule has 0 radical (unpaired) electrons. The lowest BCUT2D eigenvalue weighted by Crippen LogP contribution is -2.49. The molecule has 2 rings (SSSR count). The number of rotatable bonds is 4. The Bertz CT molecular complexity index is 543. The molecule has 1 aromatic rings. The van der Waals surface area contributed by atoms with Crippen molar-refractivity contribution in [3.8, 4) is 0 Å². The van der Waals surface area contributed by atoms with E-state index in [2.05, 4.69) is 5.32 Å². The van der Waals surface area contributed by atoms with Crippen molar-refractivity contribution in [1.29, 1.82) is 0 Å². The highest BCUT2D eigenvalue weighted by molar-refractivity contribution is 6.31. The van der Waals surface area contributed by atoms with E-state index in [9.17, 15) is 9.90 Å². The number of aliphatic hydroxyl groups is 1. The number of anilines is 1. The predicted octanol–water partition coefficient (Wildman–Crippen LogP) is 3.25. The van der Waals surface area contributed by atoms with Crippen LogP contribution in [0.2, 0.25) is 5.02 Å². The van der Waals surface area contributed by atoms with Gasteiger partial charge in [0.2, 0.25) is 0 Å². The second-order valence-electron chi connectivity index (χ2n) is 6.13. The lowest BCUT2D eigenvalue weighted by Gasteiger charge is -2.34. The summed E-state index contributed by atoms with van der Waals surface area (Å²) in [6.45, 7) is 4.43. The Morgan fingerprint density at radius 1 is 1.55 bits per heavy atom. The maximum Gasteiger partial charge on any atom is 0.322 e. The first-order valence-electron chi connectivity index (χ1n) is 7.41. The average Bonchev–Trinajstić information content (AvgIpc) is 2.92. The lowest BCUT2D eigenvalue weighted by molar-refractivity contribution is 0.0117. The van der Waals surface area contributed by atoms with Crippen molar-refractivity contribution >= 4 is 23.3 Å². The molecular weight excluding hydrogens is 304 g/mol. The number of hydrogen-bond acceptors (Lipinski definition) is 3. The van der Waals surface area contributed by atoms with Crippen molar-refractivity contribution in [2.75, 3.05) is 19.0 Å². The summed E-state index contributed by atoms with van der Waals surface area (Å²) in [5, 5.41) is 13.7. The van der Waals surface area contributed by atoms with Gasteiger partial charge in [0.1, 0.15) is 0 Å². The first kappa shape index (κ1) is 17.1. The summed E-state index contributed by atoms with van der Waals surface area (Å²) < 4.78 is 5.14. The van der Waals surface area contributed by atoms with Gasteiger partial charge >= 0.3 is 6.03 Å². The Labute approximate surface area is 136 Å². The molecule has 1 unspecified atom stereocenters. The highest BCUT2D eigenvalue weighted by atomic mass is 35.5. The number of ether oxygens (including phenoxy) is 1. The van der Waals surface area contributed by atoms with Crippen LogP contribution in [-0.2, 0) is 11.3 Å². The number of amides is 2. The average molecular weight is 327 g/mol. The van der Waals surface area contributed by atoms with Gasteiger partial charge in [0, 0.05) is 29.9 Å². The molecule has 0 saturated carbocycles. The predicted molar refractivity (Wildman–Crippen MR) is 87.2 cm³/mol. The topological polar surface area (TPSA) is 61.8 Å². The monoisotopic (exact) mass is 326 g/mol. The maximum absolute atomic E-state index is 12.6. The Morgan fingerprint density at radius 2 is 2.27 bits per heavy atom. The van der Waals surface area contributed by atoms with Crippen molar-refractivity contribution in [3.05, 3.63) is 28.8 Å². The number of carbonyl (C=O) groups is 1. The van der Waals surface area contributed by atoms with Crippen LogP contribution >= 0.6 is 11.6 Å². The Balaban J connectivity index is 2.17. The summed E-state index contributed by atoms with van der Waals surface area (Å²) >= 11 is 6.17. The summed E-state index contributed by atoms with van der Waals surface area (Å²) in [6.07, 6.45) is 1.69. The van der Waals surface area contributed by atoms with Gasteiger partial charge in [-0.3, -0.25) is 0 Å². The zero-order chi connectivity index (χ0) is 16.3. The fraction of sp³-hybridized carbons (Fsp3) is 0.562. The van der Waals surface area contributed by atoms with Crippen molar-refractivity contribution in [3.63, 3.8) is 0 Å². The minimum absolute atomic E-state index is 0.183. The molecule has 0 bridgehead atoms. The SMILES string of the molecule is COCc1c(Cl)cccc1NC(=O)N1CCCC1C(C)(C)O. The summed E-state index contributed by atoms with van der Waals surface area (Å²) in [4.78, 5) is 14.3. The number of benzene rings is 1. The van der Waals surface area contributed by atoms with Crippen LogP contribution in [0.15, 0.2) is 18.2 Å². The van der Waals surface area contributed by atoms with Crippen molar-refractivity contribution in [2.45, 2.75) is 44.9 Å². The third-order valence-corrected chi connectivity index (χ3v) is 4.33. The standard InChI is InChI=1S/C16H23ClN2O3/c1-16(2,21)14-8-5-9-19(14)15(20)18-13-7-4-6-12(17)11(13)10-22-3/h4,6-7,14,21H,5,8-10H2,1-3H3,(H,18,20). The number of nitrogens with zero attached hydrogens (tertiary/aromatic N) is 1. The molecule has 1 saturated heterocycles. The molecule has 1 heterocycles. The summed E-state index contributed by atoms with van der Waals surface area (Å²) in [5.41, 5.74) is 0.470. The quantitative estimate of drug-likeness (QED) is 0.892. The summed E-state index contributed by atoms with van der Waals surface area (Å²) in [7, 11) is 1.58. The number of hydrogen-bond donors (Lipinski definition) is 2. The number of likely N-dealkylation sites (tertiary alicyclic amines) is 1. The first-order chi connectivity index (χ1) is 10.3. The molecule has 1 fully saturated rings. The normalized spacial score (nSPS) is 18.6. The van der Waals surface area contributed by atoms with E-state index in [0.717, 1.165) is 18.4 Å². The number of carbonyl (C=O) groups excluding carboxylic acids is 1. The van der Waals surface area contributed by atoms with Crippen molar-refractivity contribution in [1.82, 2.24) is 4.90 Å². The number of methoxy groups -OCH3 is 1. The third kappa shape index (κ3) is 3.72. The lowest BCUT2D eigenvalue weighted by atomic mass is 9.97. The van der Waals surface area contributed by atoms with Gasteiger partial charge in [0.25, 0.3) is 0 Å². The van der Waals surface area contributed by atoms with E-state index in [-0.39, 0.29) is 12.1 Å². The largest absolute Gasteiger partial charge is 0.388 e. The summed E-state index contributed by atoms with van der Waals surface area (Å²) in [6, 6.07) is 4.95. The number of halogens is 1.